The van der Waals surface area contributed by atoms with Crippen molar-refractivity contribution in [3.63, 3.8) is 0 Å². The molecule has 0 heterocycles. The standard InChI is InChI=1S/C16H24N2O3/c1-5-12(4)18(10-15(19)20)16(21)17-14-9-7-6-8-13(14)11(2)3/h6-9,11-12H,5,10H2,1-4H3,(H,17,21)(H,19,20). The van der Waals surface area contributed by atoms with Crippen LogP contribution in [0, 0.1) is 0 Å². The summed E-state index contributed by atoms with van der Waals surface area (Å²) in [6, 6.07) is 7.07. The highest BCUT2D eigenvalue weighted by atomic mass is 16.4. The van der Waals surface area contributed by atoms with Crippen molar-refractivity contribution in [3.8, 4) is 0 Å². The summed E-state index contributed by atoms with van der Waals surface area (Å²) in [5, 5.41) is 11.8. The minimum atomic E-state index is -1.01. The van der Waals surface area contributed by atoms with Crippen LogP contribution in [0.3, 0.4) is 0 Å². The lowest BCUT2D eigenvalue weighted by molar-refractivity contribution is -0.138. The van der Waals surface area contributed by atoms with E-state index in [1.807, 2.05) is 38.1 Å². The zero-order valence-corrected chi connectivity index (χ0v) is 13.1. The maximum atomic E-state index is 12.4. The van der Waals surface area contributed by atoms with E-state index in [1.54, 1.807) is 0 Å². The average Bonchev–Trinajstić information content (AvgIpc) is 2.44. The van der Waals surface area contributed by atoms with Gasteiger partial charge in [0.2, 0.25) is 0 Å². The third-order valence-corrected chi connectivity index (χ3v) is 3.51. The smallest absolute Gasteiger partial charge is 0.323 e. The molecule has 2 amide bonds. The molecular weight excluding hydrogens is 268 g/mol. The van der Waals surface area contributed by atoms with E-state index >= 15 is 0 Å². The van der Waals surface area contributed by atoms with Crippen LogP contribution in [-0.4, -0.2) is 34.6 Å². The van der Waals surface area contributed by atoms with E-state index in [9.17, 15) is 9.59 Å². The van der Waals surface area contributed by atoms with Crippen LogP contribution in [0.25, 0.3) is 0 Å². The second kappa shape index (κ2) is 7.67. The predicted molar refractivity (Wildman–Crippen MR) is 83.6 cm³/mol. The Morgan fingerprint density at radius 2 is 1.86 bits per heavy atom. The minimum absolute atomic E-state index is 0.132. The van der Waals surface area contributed by atoms with Gasteiger partial charge in [-0.3, -0.25) is 4.79 Å². The number of anilines is 1. The second-order valence-electron chi connectivity index (χ2n) is 5.45. The van der Waals surface area contributed by atoms with Crippen molar-refractivity contribution in [2.24, 2.45) is 0 Å². The molecular formula is C16H24N2O3. The summed E-state index contributed by atoms with van der Waals surface area (Å²) in [5.41, 5.74) is 1.77. The number of hydrogen-bond acceptors (Lipinski definition) is 2. The molecule has 0 saturated carbocycles. The molecule has 1 rings (SSSR count). The van der Waals surface area contributed by atoms with E-state index in [4.69, 9.17) is 5.11 Å². The average molecular weight is 292 g/mol. The third kappa shape index (κ3) is 4.77. The van der Waals surface area contributed by atoms with Gasteiger partial charge in [-0.25, -0.2) is 4.79 Å². The molecule has 0 fully saturated rings. The first-order chi connectivity index (χ1) is 9.86. The van der Waals surface area contributed by atoms with E-state index in [-0.39, 0.29) is 24.5 Å². The normalized spacial score (nSPS) is 12.0. The second-order valence-corrected chi connectivity index (χ2v) is 5.45. The molecule has 0 aliphatic carbocycles. The summed E-state index contributed by atoms with van der Waals surface area (Å²) >= 11 is 0. The monoisotopic (exact) mass is 292 g/mol. The maximum Gasteiger partial charge on any atom is 0.323 e. The van der Waals surface area contributed by atoms with Crippen LogP contribution in [0.4, 0.5) is 10.5 Å². The van der Waals surface area contributed by atoms with Gasteiger partial charge in [0.05, 0.1) is 0 Å². The van der Waals surface area contributed by atoms with Crippen molar-refractivity contribution in [2.75, 3.05) is 11.9 Å². The van der Waals surface area contributed by atoms with Gasteiger partial charge in [0.15, 0.2) is 0 Å². The number of aliphatic carboxylic acids is 1. The van der Waals surface area contributed by atoms with Crippen LogP contribution >= 0.6 is 0 Å². The predicted octanol–water partition coefficient (Wildman–Crippen LogP) is 3.53. The zero-order chi connectivity index (χ0) is 16.0. The van der Waals surface area contributed by atoms with Gasteiger partial charge in [-0.2, -0.15) is 0 Å². The van der Waals surface area contributed by atoms with Gasteiger partial charge < -0.3 is 15.3 Å². The lowest BCUT2D eigenvalue weighted by Crippen LogP contribution is -2.44. The van der Waals surface area contributed by atoms with Crippen LogP contribution in [0.2, 0.25) is 0 Å². The van der Waals surface area contributed by atoms with E-state index in [0.29, 0.717) is 6.42 Å². The Labute approximate surface area is 126 Å². The van der Waals surface area contributed by atoms with Gasteiger partial charge in [0.25, 0.3) is 0 Å². The van der Waals surface area contributed by atoms with Gasteiger partial charge in [0.1, 0.15) is 6.54 Å². The molecule has 2 N–H and O–H groups in total. The maximum absolute atomic E-state index is 12.4. The van der Waals surface area contributed by atoms with E-state index in [1.165, 1.54) is 4.90 Å². The van der Waals surface area contributed by atoms with Gasteiger partial charge in [-0.05, 0) is 30.9 Å². The molecule has 5 heteroatoms. The minimum Gasteiger partial charge on any atom is -0.480 e. The zero-order valence-electron chi connectivity index (χ0n) is 13.1. The quantitative estimate of drug-likeness (QED) is 0.842. The molecule has 0 aliphatic rings. The number of nitrogens with one attached hydrogen (secondary N) is 1. The Bertz CT molecular complexity index is 500. The van der Waals surface area contributed by atoms with Crippen molar-refractivity contribution in [1.29, 1.82) is 0 Å². The van der Waals surface area contributed by atoms with Crippen molar-refractivity contribution in [2.45, 2.75) is 46.1 Å². The number of carboxylic acid groups (broad SMARTS) is 1. The number of carbonyl (C=O) groups is 2. The number of benzene rings is 1. The summed E-state index contributed by atoms with van der Waals surface area (Å²) in [4.78, 5) is 24.7. The highest BCUT2D eigenvalue weighted by Gasteiger charge is 2.22. The summed E-state index contributed by atoms with van der Waals surface area (Å²) in [6.07, 6.45) is 0.701. The van der Waals surface area contributed by atoms with Crippen LogP contribution in [0.1, 0.15) is 45.6 Å². The highest BCUT2D eigenvalue weighted by molar-refractivity contribution is 5.92. The SMILES string of the molecule is CCC(C)N(CC(=O)O)C(=O)Nc1ccccc1C(C)C. The molecule has 116 valence electrons. The van der Waals surface area contributed by atoms with Crippen LogP contribution < -0.4 is 5.32 Å². The Kier molecular flexibility index (Phi) is 6.21. The Morgan fingerprint density at radius 3 is 2.38 bits per heavy atom. The molecule has 0 aliphatic heterocycles. The molecule has 0 radical (unpaired) electrons. The van der Waals surface area contributed by atoms with Crippen LogP contribution in [-0.2, 0) is 4.79 Å². The first-order valence-corrected chi connectivity index (χ1v) is 7.25. The fourth-order valence-corrected chi connectivity index (χ4v) is 2.10. The van der Waals surface area contributed by atoms with E-state index in [0.717, 1.165) is 11.3 Å². The lowest BCUT2D eigenvalue weighted by Gasteiger charge is -2.27. The number of rotatable bonds is 6. The molecule has 0 aromatic heterocycles. The molecule has 0 bridgehead atoms. The Morgan fingerprint density at radius 1 is 1.24 bits per heavy atom. The van der Waals surface area contributed by atoms with Gasteiger partial charge in [-0.15, -0.1) is 0 Å². The summed E-state index contributed by atoms with van der Waals surface area (Å²) < 4.78 is 0. The number of nitrogens with zero attached hydrogens (tertiary/aromatic N) is 1. The molecule has 1 aromatic carbocycles. The number of hydrogen-bond donors (Lipinski definition) is 2. The van der Waals surface area contributed by atoms with Crippen LogP contribution in [0.15, 0.2) is 24.3 Å². The van der Waals surface area contributed by atoms with Gasteiger partial charge in [0, 0.05) is 11.7 Å². The highest BCUT2D eigenvalue weighted by Crippen LogP contribution is 2.24. The van der Waals surface area contributed by atoms with Gasteiger partial charge >= 0.3 is 12.0 Å². The molecule has 1 aromatic rings. The summed E-state index contributed by atoms with van der Waals surface area (Å²) in [5.74, 6) is -0.736. The topological polar surface area (TPSA) is 69.6 Å². The largest absolute Gasteiger partial charge is 0.480 e. The Balaban J connectivity index is 2.94. The van der Waals surface area contributed by atoms with Crippen molar-refractivity contribution < 1.29 is 14.7 Å². The molecule has 5 nitrogen and oxygen atoms in total. The first-order valence-electron chi connectivity index (χ1n) is 7.25. The number of carbonyl (C=O) groups excluding carboxylic acids is 1. The first kappa shape index (κ1) is 17.0. The molecule has 0 spiro atoms. The third-order valence-electron chi connectivity index (χ3n) is 3.51. The van der Waals surface area contributed by atoms with Crippen molar-refractivity contribution in [1.82, 2.24) is 4.90 Å². The number of para-hydroxylation sites is 1. The molecule has 1 unspecified atom stereocenters. The molecule has 1 atom stereocenters. The fraction of sp³-hybridized carbons (Fsp3) is 0.500. The van der Waals surface area contributed by atoms with Crippen LogP contribution in [0.5, 0.6) is 0 Å². The molecule has 0 saturated heterocycles. The number of urea groups is 1. The number of amides is 2. The van der Waals surface area contributed by atoms with E-state index in [2.05, 4.69) is 19.2 Å². The van der Waals surface area contributed by atoms with Gasteiger partial charge in [-0.1, -0.05) is 39.0 Å². The number of carboxylic acids is 1. The summed E-state index contributed by atoms with van der Waals surface area (Å²) in [6.45, 7) is 7.57. The van der Waals surface area contributed by atoms with Crippen molar-refractivity contribution in [3.05, 3.63) is 29.8 Å². The lowest BCUT2D eigenvalue weighted by atomic mass is 10.0. The molecule has 21 heavy (non-hydrogen) atoms. The van der Waals surface area contributed by atoms with Crippen molar-refractivity contribution >= 4 is 17.7 Å². The van der Waals surface area contributed by atoms with E-state index < -0.39 is 5.97 Å². The fourth-order valence-electron chi connectivity index (χ4n) is 2.10. The summed E-state index contributed by atoms with van der Waals surface area (Å²) in [7, 11) is 0. The Hall–Kier alpha value is -2.04.